The standard InChI is InChI=1S/C14H20N2O3/c1-14(17)8-2-9-15(11-14)10-7-12-3-5-13(6-4-12)16(18)19/h3-6,17H,2,7-11H2,1H3. The Balaban J connectivity index is 1.86. The van der Waals surface area contributed by atoms with E-state index < -0.39 is 5.60 Å². The van der Waals surface area contributed by atoms with E-state index in [-0.39, 0.29) is 10.6 Å². The molecule has 1 aliphatic rings. The molecule has 0 aromatic heterocycles. The van der Waals surface area contributed by atoms with E-state index in [0.717, 1.165) is 37.9 Å². The molecule has 1 saturated heterocycles. The van der Waals surface area contributed by atoms with Crippen molar-refractivity contribution >= 4 is 5.69 Å². The molecular formula is C14H20N2O3. The van der Waals surface area contributed by atoms with Crippen molar-refractivity contribution in [2.75, 3.05) is 19.6 Å². The molecule has 0 radical (unpaired) electrons. The van der Waals surface area contributed by atoms with E-state index in [1.54, 1.807) is 24.3 Å². The zero-order valence-electron chi connectivity index (χ0n) is 11.2. The molecule has 5 nitrogen and oxygen atoms in total. The van der Waals surface area contributed by atoms with Gasteiger partial charge in [0, 0.05) is 25.2 Å². The van der Waals surface area contributed by atoms with Gasteiger partial charge < -0.3 is 10.0 Å². The topological polar surface area (TPSA) is 66.6 Å². The van der Waals surface area contributed by atoms with E-state index in [1.807, 2.05) is 6.92 Å². The van der Waals surface area contributed by atoms with Gasteiger partial charge in [0.1, 0.15) is 0 Å². The highest BCUT2D eigenvalue weighted by molar-refractivity contribution is 5.32. The quantitative estimate of drug-likeness (QED) is 0.667. The zero-order chi connectivity index (χ0) is 13.9. The molecule has 19 heavy (non-hydrogen) atoms. The molecule has 1 aromatic rings. The molecule has 0 saturated carbocycles. The van der Waals surface area contributed by atoms with Crippen LogP contribution in [0.1, 0.15) is 25.3 Å². The molecule has 0 aliphatic carbocycles. The number of rotatable bonds is 4. The average Bonchev–Trinajstić information content (AvgIpc) is 2.36. The van der Waals surface area contributed by atoms with E-state index >= 15 is 0 Å². The number of benzene rings is 1. The lowest BCUT2D eigenvalue weighted by Gasteiger charge is -2.36. The molecule has 5 heteroatoms. The zero-order valence-corrected chi connectivity index (χ0v) is 11.2. The normalized spacial score (nSPS) is 24.3. The summed E-state index contributed by atoms with van der Waals surface area (Å²) in [5.74, 6) is 0. The van der Waals surface area contributed by atoms with Gasteiger partial charge in [0.2, 0.25) is 0 Å². The van der Waals surface area contributed by atoms with Crippen LogP contribution in [0.25, 0.3) is 0 Å². The van der Waals surface area contributed by atoms with Gasteiger partial charge in [-0.15, -0.1) is 0 Å². The minimum Gasteiger partial charge on any atom is -0.389 e. The minimum absolute atomic E-state index is 0.129. The summed E-state index contributed by atoms with van der Waals surface area (Å²) in [6, 6.07) is 6.70. The highest BCUT2D eigenvalue weighted by Crippen LogP contribution is 2.20. The van der Waals surface area contributed by atoms with Gasteiger partial charge >= 0.3 is 0 Å². The summed E-state index contributed by atoms with van der Waals surface area (Å²) in [7, 11) is 0. The summed E-state index contributed by atoms with van der Waals surface area (Å²) in [5.41, 5.74) is 0.647. The molecule has 0 bridgehead atoms. The second-order valence-corrected chi connectivity index (χ2v) is 5.55. The van der Waals surface area contributed by atoms with Gasteiger partial charge in [0.05, 0.1) is 10.5 Å². The molecule has 0 amide bonds. The lowest BCUT2D eigenvalue weighted by Crippen LogP contribution is -2.46. The van der Waals surface area contributed by atoms with Crippen molar-refractivity contribution in [1.29, 1.82) is 0 Å². The van der Waals surface area contributed by atoms with Crippen LogP contribution in [0.5, 0.6) is 0 Å². The van der Waals surface area contributed by atoms with Crippen molar-refractivity contribution in [3.05, 3.63) is 39.9 Å². The van der Waals surface area contributed by atoms with Crippen molar-refractivity contribution in [3.8, 4) is 0 Å². The highest BCUT2D eigenvalue weighted by atomic mass is 16.6. The van der Waals surface area contributed by atoms with Gasteiger partial charge in [-0.1, -0.05) is 12.1 Å². The molecule has 1 aromatic carbocycles. The molecule has 2 rings (SSSR count). The third kappa shape index (κ3) is 4.01. The Kier molecular flexibility index (Phi) is 4.17. The van der Waals surface area contributed by atoms with Crippen LogP contribution in [-0.4, -0.2) is 40.2 Å². The van der Waals surface area contributed by atoms with Crippen molar-refractivity contribution in [3.63, 3.8) is 0 Å². The number of aliphatic hydroxyl groups is 1. The van der Waals surface area contributed by atoms with Crippen LogP contribution in [0, 0.1) is 10.1 Å². The van der Waals surface area contributed by atoms with Crippen LogP contribution in [0.2, 0.25) is 0 Å². The molecule has 1 unspecified atom stereocenters. The molecule has 1 fully saturated rings. The number of nitro benzene ring substituents is 1. The second-order valence-electron chi connectivity index (χ2n) is 5.55. The Morgan fingerprint density at radius 2 is 2.11 bits per heavy atom. The summed E-state index contributed by atoms with van der Waals surface area (Å²) < 4.78 is 0. The number of nitro groups is 1. The lowest BCUT2D eigenvalue weighted by molar-refractivity contribution is -0.384. The molecule has 1 atom stereocenters. The van der Waals surface area contributed by atoms with E-state index in [4.69, 9.17) is 0 Å². The lowest BCUT2D eigenvalue weighted by atomic mass is 9.95. The molecule has 1 aliphatic heterocycles. The van der Waals surface area contributed by atoms with Crippen LogP contribution in [0.3, 0.4) is 0 Å². The van der Waals surface area contributed by atoms with Gasteiger partial charge in [-0.2, -0.15) is 0 Å². The molecule has 104 valence electrons. The van der Waals surface area contributed by atoms with E-state index in [2.05, 4.69) is 4.90 Å². The molecule has 1 heterocycles. The maximum Gasteiger partial charge on any atom is 0.269 e. The predicted octanol–water partition coefficient (Wildman–Crippen LogP) is 1.98. The Morgan fingerprint density at radius 1 is 1.42 bits per heavy atom. The number of hydrogen-bond donors (Lipinski definition) is 1. The smallest absolute Gasteiger partial charge is 0.269 e. The number of piperidine rings is 1. The van der Waals surface area contributed by atoms with E-state index in [1.165, 1.54) is 0 Å². The van der Waals surface area contributed by atoms with Crippen LogP contribution in [-0.2, 0) is 6.42 Å². The minimum atomic E-state index is -0.576. The maximum absolute atomic E-state index is 10.6. The summed E-state index contributed by atoms with van der Waals surface area (Å²) in [6.07, 6.45) is 2.74. The van der Waals surface area contributed by atoms with Crippen molar-refractivity contribution in [2.45, 2.75) is 31.8 Å². The largest absolute Gasteiger partial charge is 0.389 e. The monoisotopic (exact) mass is 264 g/mol. The summed E-state index contributed by atoms with van der Waals surface area (Å²) in [4.78, 5) is 12.4. The van der Waals surface area contributed by atoms with Crippen molar-refractivity contribution in [2.24, 2.45) is 0 Å². The SMILES string of the molecule is CC1(O)CCCN(CCc2ccc([N+](=O)[O-])cc2)C1. The first-order chi connectivity index (χ1) is 8.96. The summed E-state index contributed by atoms with van der Waals surface area (Å²) in [5, 5.41) is 20.6. The third-order valence-electron chi connectivity index (χ3n) is 3.62. The first kappa shape index (κ1) is 14.0. The Bertz CT molecular complexity index is 443. The Hall–Kier alpha value is -1.46. The number of non-ortho nitro benzene ring substituents is 1. The second kappa shape index (κ2) is 5.67. The first-order valence-electron chi connectivity index (χ1n) is 6.64. The number of β-amino-alcohol motifs (C(OH)–C–C–N with tert-alkyl or cyclic N) is 1. The number of nitrogens with zero attached hydrogens (tertiary/aromatic N) is 2. The van der Waals surface area contributed by atoms with Crippen LogP contribution >= 0.6 is 0 Å². The Morgan fingerprint density at radius 3 is 2.68 bits per heavy atom. The van der Waals surface area contributed by atoms with Crippen LogP contribution < -0.4 is 0 Å². The molecule has 1 N–H and O–H groups in total. The third-order valence-corrected chi connectivity index (χ3v) is 3.62. The fourth-order valence-electron chi connectivity index (χ4n) is 2.59. The summed E-state index contributed by atoms with van der Waals surface area (Å²) in [6.45, 7) is 4.49. The highest BCUT2D eigenvalue weighted by Gasteiger charge is 2.27. The van der Waals surface area contributed by atoms with Gasteiger partial charge in [-0.3, -0.25) is 10.1 Å². The van der Waals surface area contributed by atoms with Gasteiger partial charge in [0.15, 0.2) is 0 Å². The predicted molar refractivity (Wildman–Crippen MR) is 73.1 cm³/mol. The van der Waals surface area contributed by atoms with Crippen molar-refractivity contribution in [1.82, 2.24) is 4.90 Å². The molecule has 0 spiro atoms. The van der Waals surface area contributed by atoms with Crippen molar-refractivity contribution < 1.29 is 10.0 Å². The van der Waals surface area contributed by atoms with Crippen LogP contribution in [0.4, 0.5) is 5.69 Å². The van der Waals surface area contributed by atoms with E-state index in [9.17, 15) is 15.2 Å². The Labute approximate surface area is 113 Å². The number of likely N-dealkylation sites (tertiary alicyclic amines) is 1. The van der Waals surface area contributed by atoms with Gasteiger partial charge in [0.25, 0.3) is 5.69 Å². The fraction of sp³-hybridized carbons (Fsp3) is 0.571. The molecular weight excluding hydrogens is 244 g/mol. The van der Waals surface area contributed by atoms with E-state index in [0.29, 0.717) is 6.54 Å². The fourth-order valence-corrected chi connectivity index (χ4v) is 2.59. The van der Waals surface area contributed by atoms with Gasteiger partial charge in [-0.05, 0) is 38.3 Å². The maximum atomic E-state index is 10.6. The summed E-state index contributed by atoms with van der Waals surface area (Å²) >= 11 is 0. The van der Waals surface area contributed by atoms with Gasteiger partial charge in [-0.25, -0.2) is 0 Å². The van der Waals surface area contributed by atoms with Crippen LogP contribution in [0.15, 0.2) is 24.3 Å². The average molecular weight is 264 g/mol. The number of hydrogen-bond acceptors (Lipinski definition) is 4. The first-order valence-corrected chi connectivity index (χ1v) is 6.64.